The summed E-state index contributed by atoms with van der Waals surface area (Å²) in [5.74, 6) is 1.13. The second-order valence-electron chi connectivity index (χ2n) is 7.23. The summed E-state index contributed by atoms with van der Waals surface area (Å²) in [6.45, 7) is 6.69. The van der Waals surface area contributed by atoms with Crippen LogP contribution in [0.4, 0.5) is 0 Å². The molecule has 3 nitrogen and oxygen atoms in total. The first-order chi connectivity index (χ1) is 9.76. The molecular weight excluding hydrogens is 264 g/mol. The number of carbonyl (C=O) groups excluding carboxylic acids is 1. The van der Waals surface area contributed by atoms with Crippen LogP contribution in [0.1, 0.15) is 56.8 Å². The topological polar surface area (TPSA) is 46.5 Å². The Morgan fingerprint density at radius 1 is 1.19 bits per heavy atom. The van der Waals surface area contributed by atoms with Gasteiger partial charge in [-0.15, -0.1) is 0 Å². The molecule has 1 saturated carbocycles. The molecule has 1 aromatic rings. The monoisotopic (exact) mass is 290 g/mol. The Hall–Kier alpha value is -1.35. The number of hydrogen-bond donors (Lipinski definition) is 1. The van der Waals surface area contributed by atoms with Gasteiger partial charge in [0.05, 0.1) is 7.11 Å². The van der Waals surface area contributed by atoms with E-state index >= 15 is 0 Å². The summed E-state index contributed by atoms with van der Waals surface area (Å²) in [5, 5.41) is 10.7. The van der Waals surface area contributed by atoms with E-state index in [1.165, 1.54) is 0 Å². The minimum atomic E-state index is -1.20. The third-order valence-corrected chi connectivity index (χ3v) is 4.81. The standard InChI is InChI=1S/C18H26O3/c1-17(2,3)14-9-11-18(20,12-10-14)16(19)13-5-7-15(21-4)8-6-13/h5-8,14,20H,9-12H2,1-4H3. The van der Waals surface area contributed by atoms with Gasteiger partial charge < -0.3 is 9.84 Å². The average molecular weight is 290 g/mol. The van der Waals surface area contributed by atoms with Crippen molar-refractivity contribution in [3.05, 3.63) is 29.8 Å². The first kappa shape index (κ1) is 16.0. The number of Topliss-reactive ketones (excluding diaryl/α,β-unsaturated/α-hetero) is 1. The molecule has 0 bridgehead atoms. The van der Waals surface area contributed by atoms with Crippen molar-refractivity contribution in [2.75, 3.05) is 7.11 Å². The summed E-state index contributed by atoms with van der Waals surface area (Å²) < 4.78 is 5.10. The minimum absolute atomic E-state index is 0.155. The second kappa shape index (κ2) is 5.80. The van der Waals surface area contributed by atoms with Gasteiger partial charge in [-0.25, -0.2) is 0 Å². The van der Waals surface area contributed by atoms with Crippen LogP contribution in [-0.2, 0) is 0 Å². The molecule has 0 aromatic heterocycles. The predicted octanol–water partition coefficient (Wildman–Crippen LogP) is 3.85. The Morgan fingerprint density at radius 2 is 1.71 bits per heavy atom. The summed E-state index contributed by atoms with van der Waals surface area (Å²) in [7, 11) is 1.60. The SMILES string of the molecule is COc1ccc(C(=O)C2(O)CCC(C(C)(C)C)CC2)cc1. The smallest absolute Gasteiger partial charge is 0.194 e. The van der Waals surface area contributed by atoms with Gasteiger partial charge in [-0.3, -0.25) is 4.79 Å². The maximum Gasteiger partial charge on any atom is 0.194 e. The molecule has 1 N–H and O–H groups in total. The maximum atomic E-state index is 12.6. The Kier molecular flexibility index (Phi) is 4.43. The first-order valence-corrected chi connectivity index (χ1v) is 7.67. The van der Waals surface area contributed by atoms with Gasteiger partial charge in [-0.2, -0.15) is 0 Å². The average Bonchev–Trinajstić information content (AvgIpc) is 2.46. The second-order valence-corrected chi connectivity index (χ2v) is 7.23. The van der Waals surface area contributed by atoms with Crippen LogP contribution in [0.3, 0.4) is 0 Å². The van der Waals surface area contributed by atoms with E-state index in [2.05, 4.69) is 20.8 Å². The number of ether oxygens (including phenoxy) is 1. The molecule has 2 rings (SSSR count). The lowest BCUT2D eigenvalue weighted by Gasteiger charge is -2.40. The van der Waals surface area contributed by atoms with Gasteiger partial charge in [-0.1, -0.05) is 20.8 Å². The van der Waals surface area contributed by atoms with Crippen LogP contribution in [0.15, 0.2) is 24.3 Å². The van der Waals surface area contributed by atoms with E-state index in [-0.39, 0.29) is 11.2 Å². The molecule has 116 valence electrons. The van der Waals surface area contributed by atoms with Gasteiger partial charge in [0.2, 0.25) is 0 Å². The number of rotatable bonds is 3. The van der Waals surface area contributed by atoms with E-state index in [1.807, 2.05) is 0 Å². The molecule has 0 amide bonds. The molecule has 0 spiro atoms. The van der Waals surface area contributed by atoms with Crippen LogP contribution in [0.2, 0.25) is 0 Å². The van der Waals surface area contributed by atoms with E-state index in [1.54, 1.807) is 31.4 Å². The number of ketones is 1. The van der Waals surface area contributed by atoms with Crippen molar-refractivity contribution in [3.63, 3.8) is 0 Å². The number of methoxy groups -OCH3 is 1. The maximum absolute atomic E-state index is 12.6. The van der Waals surface area contributed by atoms with Gasteiger partial charge in [-0.05, 0) is 61.3 Å². The first-order valence-electron chi connectivity index (χ1n) is 7.67. The van der Waals surface area contributed by atoms with E-state index in [0.717, 1.165) is 18.6 Å². The molecule has 0 radical (unpaired) electrons. The summed E-state index contributed by atoms with van der Waals surface area (Å²) in [4.78, 5) is 12.6. The molecule has 3 heteroatoms. The highest BCUT2D eigenvalue weighted by molar-refractivity contribution is 6.02. The third-order valence-electron chi connectivity index (χ3n) is 4.81. The molecular formula is C18H26O3. The van der Waals surface area contributed by atoms with Crippen molar-refractivity contribution in [2.45, 2.75) is 52.1 Å². The Labute approximate surface area is 127 Å². The minimum Gasteiger partial charge on any atom is -0.497 e. The Bertz CT molecular complexity index is 488. The molecule has 1 aliphatic rings. The summed E-state index contributed by atoms with van der Waals surface area (Å²) >= 11 is 0. The third kappa shape index (κ3) is 3.46. The predicted molar refractivity (Wildman–Crippen MR) is 83.7 cm³/mol. The largest absolute Gasteiger partial charge is 0.497 e. The van der Waals surface area contributed by atoms with Crippen molar-refractivity contribution in [1.29, 1.82) is 0 Å². The molecule has 0 heterocycles. The van der Waals surface area contributed by atoms with Crippen LogP contribution in [0.5, 0.6) is 5.75 Å². The molecule has 1 aromatic carbocycles. The van der Waals surface area contributed by atoms with Gasteiger partial charge in [0.25, 0.3) is 0 Å². The zero-order valence-corrected chi connectivity index (χ0v) is 13.5. The summed E-state index contributed by atoms with van der Waals surface area (Å²) in [5.41, 5.74) is -0.395. The number of hydrogen-bond acceptors (Lipinski definition) is 3. The van der Waals surface area contributed by atoms with E-state index in [9.17, 15) is 9.90 Å². The van der Waals surface area contributed by atoms with Crippen molar-refractivity contribution in [1.82, 2.24) is 0 Å². The molecule has 0 atom stereocenters. The lowest BCUT2D eigenvalue weighted by Crippen LogP contribution is -2.44. The van der Waals surface area contributed by atoms with Crippen LogP contribution < -0.4 is 4.74 Å². The highest BCUT2D eigenvalue weighted by Gasteiger charge is 2.42. The summed E-state index contributed by atoms with van der Waals surface area (Å²) in [6, 6.07) is 6.98. The zero-order chi connectivity index (χ0) is 15.7. The Balaban J connectivity index is 2.08. The van der Waals surface area contributed by atoms with Crippen molar-refractivity contribution in [2.24, 2.45) is 11.3 Å². The van der Waals surface area contributed by atoms with E-state index in [0.29, 0.717) is 24.3 Å². The van der Waals surface area contributed by atoms with Crippen LogP contribution in [0, 0.1) is 11.3 Å². The highest BCUT2D eigenvalue weighted by Crippen LogP contribution is 2.42. The van der Waals surface area contributed by atoms with Crippen LogP contribution in [0.25, 0.3) is 0 Å². The van der Waals surface area contributed by atoms with Gasteiger partial charge in [0.15, 0.2) is 5.78 Å². The molecule has 0 unspecified atom stereocenters. The van der Waals surface area contributed by atoms with Crippen molar-refractivity contribution < 1.29 is 14.6 Å². The van der Waals surface area contributed by atoms with Gasteiger partial charge >= 0.3 is 0 Å². The van der Waals surface area contributed by atoms with E-state index < -0.39 is 5.60 Å². The number of carbonyl (C=O) groups is 1. The van der Waals surface area contributed by atoms with Crippen molar-refractivity contribution >= 4 is 5.78 Å². The van der Waals surface area contributed by atoms with E-state index in [4.69, 9.17) is 4.74 Å². The normalized spacial score (nSPS) is 26.4. The summed E-state index contributed by atoms with van der Waals surface area (Å²) in [6.07, 6.45) is 2.92. The van der Waals surface area contributed by atoms with Crippen LogP contribution >= 0.6 is 0 Å². The molecule has 1 fully saturated rings. The molecule has 0 saturated heterocycles. The van der Waals surface area contributed by atoms with Gasteiger partial charge in [0.1, 0.15) is 11.4 Å². The Morgan fingerprint density at radius 3 is 2.14 bits per heavy atom. The molecule has 1 aliphatic carbocycles. The fraction of sp³-hybridized carbons (Fsp3) is 0.611. The number of benzene rings is 1. The number of aliphatic hydroxyl groups is 1. The lowest BCUT2D eigenvalue weighted by molar-refractivity contribution is -0.00964. The highest BCUT2D eigenvalue weighted by atomic mass is 16.5. The van der Waals surface area contributed by atoms with Crippen LogP contribution in [-0.4, -0.2) is 23.6 Å². The fourth-order valence-corrected chi connectivity index (χ4v) is 3.20. The molecule has 0 aliphatic heterocycles. The molecule has 21 heavy (non-hydrogen) atoms. The quantitative estimate of drug-likeness (QED) is 0.860. The van der Waals surface area contributed by atoms with Crippen molar-refractivity contribution in [3.8, 4) is 5.75 Å². The van der Waals surface area contributed by atoms with Gasteiger partial charge in [0, 0.05) is 5.56 Å². The lowest BCUT2D eigenvalue weighted by atomic mass is 9.67. The zero-order valence-electron chi connectivity index (χ0n) is 13.5. The fourth-order valence-electron chi connectivity index (χ4n) is 3.20.